The summed E-state index contributed by atoms with van der Waals surface area (Å²) < 4.78 is 0.866. The Bertz CT molecular complexity index is 486. The first-order chi connectivity index (χ1) is 7.66. The number of nitrogens with zero attached hydrogens (tertiary/aromatic N) is 2. The van der Waals surface area contributed by atoms with Crippen LogP contribution in [0.1, 0.15) is 17.7 Å². The molecule has 0 spiro atoms. The van der Waals surface area contributed by atoms with Crippen LogP contribution in [0.5, 0.6) is 0 Å². The van der Waals surface area contributed by atoms with Crippen molar-refractivity contribution < 1.29 is 0 Å². The predicted molar refractivity (Wildman–Crippen MR) is 70.0 cm³/mol. The van der Waals surface area contributed by atoms with Crippen LogP contribution in [-0.2, 0) is 0 Å². The van der Waals surface area contributed by atoms with Crippen LogP contribution >= 0.6 is 34.7 Å². The lowest BCUT2D eigenvalue weighted by atomic mass is 10.2. The summed E-state index contributed by atoms with van der Waals surface area (Å²) in [4.78, 5) is 0. The van der Waals surface area contributed by atoms with E-state index in [2.05, 4.69) is 17.1 Å². The third kappa shape index (κ3) is 2.66. The summed E-state index contributed by atoms with van der Waals surface area (Å²) in [5.74, 6) is 0. The van der Waals surface area contributed by atoms with E-state index in [0.717, 1.165) is 14.9 Å². The van der Waals surface area contributed by atoms with Crippen molar-refractivity contribution in [2.75, 3.05) is 5.73 Å². The van der Waals surface area contributed by atoms with Gasteiger partial charge < -0.3 is 5.73 Å². The van der Waals surface area contributed by atoms with E-state index in [1.54, 1.807) is 11.8 Å². The summed E-state index contributed by atoms with van der Waals surface area (Å²) in [6.45, 7) is 2.09. The van der Waals surface area contributed by atoms with Crippen molar-refractivity contribution in [3.05, 3.63) is 34.9 Å². The van der Waals surface area contributed by atoms with E-state index in [0.29, 0.717) is 5.13 Å². The molecule has 0 aliphatic rings. The molecule has 0 saturated heterocycles. The fourth-order valence-corrected chi connectivity index (χ4v) is 3.60. The maximum absolute atomic E-state index is 6.12. The second-order valence-electron chi connectivity index (χ2n) is 3.19. The van der Waals surface area contributed by atoms with Crippen LogP contribution in [0, 0.1) is 0 Å². The zero-order valence-corrected chi connectivity index (χ0v) is 10.9. The summed E-state index contributed by atoms with van der Waals surface area (Å²) in [7, 11) is 0. The summed E-state index contributed by atoms with van der Waals surface area (Å²) in [6.07, 6.45) is 0. The van der Waals surface area contributed by atoms with Crippen molar-refractivity contribution in [1.29, 1.82) is 0 Å². The van der Waals surface area contributed by atoms with E-state index >= 15 is 0 Å². The monoisotopic (exact) mass is 271 g/mol. The fraction of sp³-hybridized carbons (Fsp3) is 0.200. The van der Waals surface area contributed by atoms with Gasteiger partial charge in [0.2, 0.25) is 5.13 Å². The zero-order chi connectivity index (χ0) is 11.5. The molecule has 0 aliphatic carbocycles. The summed E-state index contributed by atoms with van der Waals surface area (Å²) in [5.41, 5.74) is 6.63. The Hall–Kier alpha value is -0.780. The molecule has 0 saturated carbocycles. The van der Waals surface area contributed by atoms with Crippen LogP contribution in [0.3, 0.4) is 0 Å². The molecule has 0 unspecified atom stereocenters. The van der Waals surface area contributed by atoms with E-state index in [1.807, 2.05) is 24.3 Å². The molecule has 0 aliphatic heterocycles. The molecule has 3 nitrogen and oxygen atoms in total. The van der Waals surface area contributed by atoms with Gasteiger partial charge in [-0.3, -0.25) is 0 Å². The van der Waals surface area contributed by atoms with Crippen LogP contribution in [0.15, 0.2) is 28.6 Å². The van der Waals surface area contributed by atoms with Crippen molar-refractivity contribution in [3.8, 4) is 0 Å². The minimum atomic E-state index is 0.237. The van der Waals surface area contributed by atoms with E-state index in [9.17, 15) is 0 Å². The standard InChI is InChI=1S/C10H10ClN3S2/c1-6(7-4-2-3-5-8(7)11)15-10-14-13-9(12)16-10/h2-6H,1H3,(H2,12,13)/t6-/m1/s1. The first kappa shape index (κ1) is 11.7. The lowest BCUT2D eigenvalue weighted by molar-refractivity contribution is 1.00. The van der Waals surface area contributed by atoms with E-state index < -0.39 is 0 Å². The second kappa shape index (κ2) is 5.03. The number of aromatic nitrogens is 2. The van der Waals surface area contributed by atoms with Crippen molar-refractivity contribution in [2.24, 2.45) is 0 Å². The highest BCUT2D eigenvalue weighted by atomic mass is 35.5. The number of hydrogen-bond acceptors (Lipinski definition) is 5. The van der Waals surface area contributed by atoms with Gasteiger partial charge in [-0.25, -0.2) is 0 Å². The van der Waals surface area contributed by atoms with Crippen molar-refractivity contribution in [1.82, 2.24) is 10.2 Å². The topological polar surface area (TPSA) is 51.8 Å². The molecule has 2 N–H and O–H groups in total. The first-order valence-corrected chi connectivity index (χ1v) is 6.74. The maximum atomic E-state index is 6.12. The normalized spacial score (nSPS) is 12.6. The molecule has 16 heavy (non-hydrogen) atoms. The number of nitrogen functional groups attached to an aromatic ring is 1. The molecule has 0 fully saturated rings. The van der Waals surface area contributed by atoms with Gasteiger partial charge in [-0.1, -0.05) is 52.9 Å². The third-order valence-corrected chi connectivity index (χ3v) is 4.36. The lowest BCUT2D eigenvalue weighted by Gasteiger charge is -2.10. The van der Waals surface area contributed by atoms with Gasteiger partial charge in [0, 0.05) is 10.3 Å². The molecule has 2 aromatic rings. The Morgan fingerprint density at radius 1 is 1.38 bits per heavy atom. The maximum Gasteiger partial charge on any atom is 0.203 e. The Kier molecular flexibility index (Phi) is 3.68. The number of benzene rings is 1. The smallest absolute Gasteiger partial charge is 0.203 e. The number of thioether (sulfide) groups is 1. The van der Waals surface area contributed by atoms with Crippen molar-refractivity contribution >= 4 is 39.8 Å². The number of nitrogens with two attached hydrogens (primary N) is 1. The lowest BCUT2D eigenvalue weighted by Crippen LogP contribution is -1.89. The van der Waals surface area contributed by atoms with Gasteiger partial charge in [-0.2, -0.15) is 0 Å². The molecular weight excluding hydrogens is 262 g/mol. The molecular formula is C10H10ClN3S2. The van der Waals surface area contributed by atoms with Gasteiger partial charge in [0.1, 0.15) is 0 Å². The van der Waals surface area contributed by atoms with E-state index in [1.165, 1.54) is 11.3 Å². The third-order valence-electron chi connectivity index (χ3n) is 2.04. The number of halogens is 1. The minimum absolute atomic E-state index is 0.237. The van der Waals surface area contributed by atoms with Crippen LogP contribution < -0.4 is 5.73 Å². The molecule has 0 bridgehead atoms. The Balaban J connectivity index is 2.14. The summed E-state index contributed by atoms with van der Waals surface area (Å²) in [6, 6.07) is 7.81. The molecule has 2 rings (SSSR count). The molecule has 0 amide bonds. The molecule has 6 heteroatoms. The molecule has 84 valence electrons. The Labute approximate surface area is 107 Å². The highest BCUT2D eigenvalue weighted by Crippen LogP contribution is 2.39. The molecule has 1 atom stereocenters. The molecule has 1 aromatic heterocycles. The van der Waals surface area contributed by atoms with Crippen LogP contribution in [0.2, 0.25) is 5.02 Å². The number of hydrogen-bond donors (Lipinski definition) is 1. The highest BCUT2D eigenvalue weighted by molar-refractivity contribution is 8.01. The average Bonchev–Trinajstić information content (AvgIpc) is 2.64. The molecule has 1 heterocycles. The van der Waals surface area contributed by atoms with Crippen LogP contribution in [-0.4, -0.2) is 10.2 Å². The largest absolute Gasteiger partial charge is 0.374 e. The minimum Gasteiger partial charge on any atom is -0.374 e. The molecule has 1 aromatic carbocycles. The van der Waals surface area contributed by atoms with Crippen LogP contribution in [0.25, 0.3) is 0 Å². The number of rotatable bonds is 3. The summed E-state index contributed by atoms with van der Waals surface area (Å²) in [5, 5.41) is 9.26. The quantitative estimate of drug-likeness (QED) is 0.866. The fourth-order valence-electron chi connectivity index (χ4n) is 1.29. The zero-order valence-electron chi connectivity index (χ0n) is 8.55. The number of anilines is 1. The first-order valence-electron chi connectivity index (χ1n) is 4.67. The van der Waals surface area contributed by atoms with Crippen molar-refractivity contribution in [2.45, 2.75) is 16.5 Å². The average molecular weight is 272 g/mol. The highest BCUT2D eigenvalue weighted by Gasteiger charge is 2.13. The summed E-state index contributed by atoms with van der Waals surface area (Å²) >= 11 is 9.12. The van der Waals surface area contributed by atoms with Gasteiger partial charge >= 0.3 is 0 Å². The Morgan fingerprint density at radius 3 is 2.75 bits per heavy atom. The SMILES string of the molecule is C[C@@H](Sc1nnc(N)s1)c1ccccc1Cl. The van der Waals surface area contributed by atoms with Gasteiger partial charge in [-0.05, 0) is 18.6 Å². The van der Waals surface area contributed by atoms with E-state index in [-0.39, 0.29) is 5.25 Å². The second-order valence-corrected chi connectivity index (χ2v) is 6.19. The van der Waals surface area contributed by atoms with Gasteiger partial charge in [0.05, 0.1) is 0 Å². The van der Waals surface area contributed by atoms with E-state index in [4.69, 9.17) is 17.3 Å². The van der Waals surface area contributed by atoms with Crippen molar-refractivity contribution in [3.63, 3.8) is 0 Å². The van der Waals surface area contributed by atoms with Gasteiger partial charge in [0.25, 0.3) is 0 Å². The van der Waals surface area contributed by atoms with Crippen LogP contribution in [0.4, 0.5) is 5.13 Å². The van der Waals surface area contributed by atoms with Gasteiger partial charge in [0.15, 0.2) is 4.34 Å². The van der Waals surface area contributed by atoms with Gasteiger partial charge in [-0.15, -0.1) is 10.2 Å². The Morgan fingerprint density at radius 2 is 2.12 bits per heavy atom. The molecule has 0 radical (unpaired) electrons. The predicted octanol–water partition coefficient (Wildman–Crippen LogP) is 3.63.